The molecule has 0 unspecified atom stereocenters. The van der Waals surface area contributed by atoms with Crippen LogP contribution in [0.5, 0.6) is 17.2 Å². The molecule has 0 aromatic heterocycles. The number of imide groups is 2. The lowest BCUT2D eigenvalue weighted by Crippen LogP contribution is -2.54. The number of nitrogens with zero attached hydrogens (tertiary/aromatic N) is 1. The van der Waals surface area contributed by atoms with Gasteiger partial charge in [-0.2, -0.15) is 0 Å². The summed E-state index contributed by atoms with van der Waals surface area (Å²) in [5.41, 5.74) is 2.18. The van der Waals surface area contributed by atoms with E-state index in [1.54, 1.807) is 66.7 Å². The molecule has 12 heteroatoms. The van der Waals surface area contributed by atoms with E-state index in [-0.39, 0.29) is 17.9 Å². The van der Waals surface area contributed by atoms with Crippen LogP contribution in [0.1, 0.15) is 16.7 Å². The van der Waals surface area contributed by atoms with Gasteiger partial charge in [0.15, 0.2) is 11.5 Å². The summed E-state index contributed by atoms with van der Waals surface area (Å²) in [6, 6.07) is 21.3. The third-order valence-electron chi connectivity index (χ3n) is 6.47. The van der Waals surface area contributed by atoms with Crippen molar-refractivity contribution in [2.24, 2.45) is 0 Å². The summed E-state index contributed by atoms with van der Waals surface area (Å²) in [5, 5.41) is 3.85. The summed E-state index contributed by atoms with van der Waals surface area (Å²) in [4.78, 5) is 39.8. The van der Waals surface area contributed by atoms with Crippen LogP contribution in [0.3, 0.4) is 0 Å². The molecule has 1 N–H and O–H groups in total. The monoisotopic (exact) mass is 762 g/mol. The molecular formula is C32H22Cl3IN2O6. The van der Waals surface area contributed by atoms with E-state index < -0.39 is 17.8 Å². The molecule has 0 spiro atoms. The molecule has 0 bridgehead atoms. The van der Waals surface area contributed by atoms with Crippen LogP contribution >= 0.6 is 57.4 Å². The number of amides is 4. The summed E-state index contributed by atoms with van der Waals surface area (Å²) < 4.78 is 18.0. The van der Waals surface area contributed by atoms with Crippen molar-refractivity contribution in [1.29, 1.82) is 0 Å². The van der Waals surface area contributed by atoms with E-state index in [0.717, 1.165) is 16.0 Å². The fourth-order valence-corrected chi connectivity index (χ4v) is 5.62. The Balaban J connectivity index is 1.34. The molecule has 4 aromatic rings. The lowest BCUT2D eigenvalue weighted by atomic mass is 10.1. The highest BCUT2D eigenvalue weighted by Crippen LogP contribution is 2.36. The maximum absolute atomic E-state index is 13.5. The number of barbiturate groups is 1. The van der Waals surface area contributed by atoms with Crippen LogP contribution < -0.4 is 24.4 Å². The lowest BCUT2D eigenvalue weighted by Gasteiger charge is -2.26. The molecule has 44 heavy (non-hydrogen) atoms. The molecule has 4 amide bonds. The number of rotatable bonds is 9. The van der Waals surface area contributed by atoms with Gasteiger partial charge in [-0.1, -0.05) is 53.0 Å². The van der Waals surface area contributed by atoms with E-state index in [1.807, 2.05) is 12.1 Å². The van der Waals surface area contributed by atoms with Gasteiger partial charge in [0.05, 0.1) is 16.4 Å². The summed E-state index contributed by atoms with van der Waals surface area (Å²) in [5.74, 6) is -0.232. The summed E-state index contributed by atoms with van der Waals surface area (Å²) in [7, 11) is 1.48. The number of carbonyl (C=O) groups excluding carboxylic acids is 3. The van der Waals surface area contributed by atoms with Gasteiger partial charge in [-0.3, -0.25) is 14.9 Å². The number of halogens is 4. The number of hydrogen-bond donors (Lipinski definition) is 1. The zero-order valence-electron chi connectivity index (χ0n) is 22.9. The van der Waals surface area contributed by atoms with E-state index in [2.05, 4.69) is 27.9 Å². The number of urea groups is 1. The first-order valence-electron chi connectivity index (χ1n) is 13.0. The highest BCUT2D eigenvalue weighted by molar-refractivity contribution is 14.1. The number of nitrogens with one attached hydrogen (secondary N) is 1. The van der Waals surface area contributed by atoms with Gasteiger partial charge in [-0.25, -0.2) is 9.69 Å². The standard InChI is InChI=1S/C32H22Cl3IN2O6/c1-42-28-14-19(13-27(36)29(28)44-17-20-4-7-22(34)15-26(20)35)12-25-30(39)37-32(41)38(31(25)40)23-8-10-24(11-9-23)43-16-18-2-5-21(33)6-3-18/h2-15H,16-17H2,1H3,(H,37,39,41)/b25-12+. The van der Waals surface area contributed by atoms with Crippen LogP contribution in [0.2, 0.25) is 15.1 Å². The first-order valence-corrected chi connectivity index (χ1v) is 15.2. The summed E-state index contributed by atoms with van der Waals surface area (Å²) >= 11 is 20.3. The Bertz CT molecular complexity index is 1780. The van der Waals surface area contributed by atoms with Crippen molar-refractivity contribution < 1.29 is 28.6 Å². The van der Waals surface area contributed by atoms with Gasteiger partial charge in [0.25, 0.3) is 11.8 Å². The summed E-state index contributed by atoms with van der Waals surface area (Å²) in [6.45, 7) is 0.466. The van der Waals surface area contributed by atoms with E-state index in [9.17, 15) is 14.4 Å². The predicted octanol–water partition coefficient (Wildman–Crippen LogP) is 8.08. The van der Waals surface area contributed by atoms with E-state index >= 15 is 0 Å². The van der Waals surface area contributed by atoms with Gasteiger partial charge in [0.1, 0.15) is 24.5 Å². The van der Waals surface area contributed by atoms with Crippen LogP contribution in [0, 0.1) is 3.57 Å². The average Bonchev–Trinajstić information content (AvgIpc) is 2.99. The Kier molecular flexibility index (Phi) is 10.00. The van der Waals surface area contributed by atoms with Crippen LogP contribution in [-0.2, 0) is 22.8 Å². The summed E-state index contributed by atoms with van der Waals surface area (Å²) in [6.07, 6.45) is 1.39. The van der Waals surface area contributed by atoms with Crippen LogP contribution in [0.4, 0.5) is 10.5 Å². The SMILES string of the molecule is COc1cc(/C=C2\C(=O)NC(=O)N(c3ccc(OCc4ccc(Cl)cc4)cc3)C2=O)cc(I)c1OCc1ccc(Cl)cc1Cl. The predicted molar refractivity (Wildman–Crippen MR) is 178 cm³/mol. The Hall–Kier alpha value is -3.77. The van der Waals surface area contributed by atoms with E-state index in [0.29, 0.717) is 48.1 Å². The smallest absolute Gasteiger partial charge is 0.335 e. The normalized spacial score (nSPS) is 14.1. The van der Waals surface area contributed by atoms with Gasteiger partial charge in [-0.05, 0) is 100 Å². The van der Waals surface area contributed by atoms with Crippen LogP contribution in [0.25, 0.3) is 6.08 Å². The fourth-order valence-electron chi connectivity index (χ4n) is 4.25. The zero-order chi connectivity index (χ0) is 31.4. The highest BCUT2D eigenvalue weighted by atomic mass is 127. The van der Waals surface area contributed by atoms with Gasteiger partial charge in [0, 0.05) is 20.6 Å². The first-order chi connectivity index (χ1) is 21.1. The Morgan fingerprint density at radius 2 is 1.55 bits per heavy atom. The molecule has 1 aliphatic heterocycles. The minimum absolute atomic E-state index is 0.158. The third-order valence-corrected chi connectivity index (χ3v) is 8.11. The number of methoxy groups -OCH3 is 1. The zero-order valence-corrected chi connectivity index (χ0v) is 27.3. The highest BCUT2D eigenvalue weighted by Gasteiger charge is 2.37. The van der Waals surface area contributed by atoms with Crippen LogP contribution in [-0.4, -0.2) is 25.0 Å². The minimum atomic E-state index is -0.858. The Labute approximate surface area is 281 Å². The number of hydrogen-bond acceptors (Lipinski definition) is 6. The topological polar surface area (TPSA) is 94.2 Å². The minimum Gasteiger partial charge on any atom is -0.493 e. The molecule has 1 aliphatic rings. The van der Waals surface area contributed by atoms with Crippen molar-refractivity contribution in [2.75, 3.05) is 12.0 Å². The van der Waals surface area contributed by atoms with Crippen molar-refractivity contribution in [1.82, 2.24) is 5.32 Å². The maximum atomic E-state index is 13.5. The maximum Gasteiger partial charge on any atom is 0.335 e. The average molecular weight is 764 g/mol. The molecule has 8 nitrogen and oxygen atoms in total. The van der Waals surface area contributed by atoms with Crippen LogP contribution in [0.15, 0.2) is 84.4 Å². The van der Waals surface area contributed by atoms with Gasteiger partial charge in [0.2, 0.25) is 0 Å². The van der Waals surface area contributed by atoms with Crippen molar-refractivity contribution in [3.8, 4) is 17.2 Å². The third kappa shape index (κ3) is 7.29. The van der Waals surface area contributed by atoms with Crippen molar-refractivity contribution >= 4 is 87.0 Å². The first kappa shape index (κ1) is 31.6. The van der Waals surface area contributed by atoms with Crippen molar-refractivity contribution in [3.05, 3.63) is 120 Å². The molecule has 0 aliphatic carbocycles. The number of ether oxygens (including phenoxy) is 3. The second-order valence-electron chi connectivity index (χ2n) is 9.43. The molecule has 0 atom stereocenters. The van der Waals surface area contributed by atoms with Crippen molar-refractivity contribution in [2.45, 2.75) is 13.2 Å². The molecule has 1 fully saturated rings. The molecule has 0 radical (unpaired) electrons. The molecule has 1 saturated heterocycles. The molecular weight excluding hydrogens is 742 g/mol. The lowest BCUT2D eigenvalue weighted by molar-refractivity contribution is -0.122. The number of anilines is 1. The van der Waals surface area contributed by atoms with Gasteiger partial charge >= 0.3 is 6.03 Å². The molecule has 224 valence electrons. The number of carbonyl (C=O) groups is 3. The molecule has 5 rings (SSSR count). The largest absolute Gasteiger partial charge is 0.493 e. The van der Waals surface area contributed by atoms with E-state index in [4.69, 9.17) is 49.0 Å². The molecule has 0 saturated carbocycles. The second-order valence-corrected chi connectivity index (χ2v) is 11.9. The van der Waals surface area contributed by atoms with Crippen molar-refractivity contribution in [3.63, 3.8) is 0 Å². The second kappa shape index (κ2) is 13.9. The van der Waals surface area contributed by atoms with Gasteiger partial charge < -0.3 is 14.2 Å². The van der Waals surface area contributed by atoms with E-state index in [1.165, 1.54) is 13.2 Å². The molecule has 4 aromatic carbocycles. The fraction of sp³-hybridized carbons (Fsp3) is 0.0938. The van der Waals surface area contributed by atoms with Gasteiger partial charge in [-0.15, -0.1) is 0 Å². The number of benzene rings is 4. The quantitative estimate of drug-likeness (QED) is 0.105. The Morgan fingerprint density at radius 3 is 2.23 bits per heavy atom. The Morgan fingerprint density at radius 1 is 0.841 bits per heavy atom. The molecule has 1 heterocycles.